The second-order valence-corrected chi connectivity index (χ2v) is 5.73. The second kappa shape index (κ2) is 5.08. The predicted molar refractivity (Wildman–Crippen MR) is 71.5 cm³/mol. The molecule has 1 saturated carbocycles. The number of hydrogen-bond donors (Lipinski definition) is 1. The van der Waals surface area contributed by atoms with Gasteiger partial charge in [-0.1, -0.05) is 30.6 Å². The van der Waals surface area contributed by atoms with Crippen LogP contribution < -0.4 is 10.9 Å². The van der Waals surface area contributed by atoms with Crippen LogP contribution in [0.15, 0.2) is 17.2 Å². The molecule has 0 radical (unpaired) electrons. The van der Waals surface area contributed by atoms with Crippen molar-refractivity contribution in [3.05, 3.63) is 27.6 Å². The lowest BCUT2D eigenvalue weighted by Gasteiger charge is -2.22. The van der Waals surface area contributed by atoms with Crippen molar-refractivity contribution in [3.8, 4) is 0 Å². The van der Waals surface area contributed by atoms with Crippen molar-refractivity contribution in [2.45, 2.75) is 38.1 Å². The van der Waals surface area contributed by atoms with Gasteiger partial charge in [0.25, 0.3) is 11.5 Å². The first kappa shape index (κ1) is 12.3. The number of nitrogens with zero attached hydrogens (tertiary/aromatic N) is 3. The van der Waals surface area contributed by atoms with Crippen molar-refractivity contribution in [1.82, 2.24) is 19.9 Å². The van der Waals surface area contributed by atoms with E-state index < -0.39 is 0 Å². The van der Waals surface area contributed by atoms with Gasteiger partial charge in [0.1, 0.15) is 11.1 Å². The molecule has 6 nitrogen and oxygen atoms in total. The van der Waals surface area contributed by atoms with E-state index in [4.69, 9.17) is 0 Å². The number of carbonyl (C=O) groups is 1. The SMILES string of the molecule is O=C(NC1CCCCC1)c1cn2ncc(=O)nc2s1. The molecule has 0 spiro atoms. The number of aromatic nitrogens is 3. The average molecular weight is 278 g/mol. The number of thiazole rings is 1. The molecule has 0 bridgehead atoms. The van der Waals surface area contributed by atoms with Gasteiger partial charge in [-0.15, -0.1) is 0 Å². The van der Waals surface area contributed by atoms with Gasteiger partial charge in [0.15, 0.2) is 0 Å². The number of carbonyl (C=O) groups excluding carboxylic acids is 1. The van der Waals surface area contributed by atoms with Crippen LogP contribution in [-0.2, 0) is 0 Å². The van der Waals surface area contributed by atoms with Crippen LogP contribution >= 0.6 is 11.3 Å². The van der Waals surface area contributed by atoms with Gasteiger partial charge in [0.05, 0.1) is 6.20 Å². The molecule has 0 saturated heterocycles. The predicted octanol–water partition coefficient (Wildman–Crippen LogP) is 1.21. The number of amides is 1. The maximum atomic E-state index is 12.1. The molecule has 2 aromatic heterocycles. The van der Waals surface area contributed by atoms with E-state index in [0.29, 0.717) is 9.84 Å². The third kappa shape index (κ3) is 2.65. The lowest BCUT2D eigenvalue weighted by molar-refractivity contribution is 0.0931. The van der Waals surface area contributed by atoms with Gasteiger partial charge in [-0.2, -0.15) is 10.1 Å². The Balaban J connectivity index is 1.79. The van der Waals surface area contributed by atoms with Gasteiger partial charge in [-0.25, -0.2) is 4.52 Å². The lowest BCUT2D eigenvalue weighted by atomic mass is 9.95. The first-order chi connectivity index (χ1) is 9.22. The Morgan fingerprint density at radius 1 is 1.37 bits per heavy atom. The van der Waals surface area contributed by atoms with E-state index in [1.807, 2.05) is 0 Å². The van der Waals surface area contributed by atoms with Crippen LogP contribution in [0.2, 0.25) is 0 Å². The topological polar surface area (TPSA) is 76.4 Å². The van der Waals surface area contributed by atoms with Crippen molar-refractivity contribution in [1.29, 1.82) is 0 Å². The third-order valence-electron chi connectivity index (χ3n) is 3.30. The summed E-state index contributed by atoms with van der Waals surface area (Å²) in [4.78, 5) is 28.0. The molecule has 3 rings (SSSR count). The highest BCUT2D eigenvalue weighted by atomic mass is 32.1. The zero-order chi connectivity index (χ0) is 13.2. The molecule has 0 atom stereocenters. The first-order valence-corrected chi connectivity index (χ1v) is 7.20. The van der Waals surface area contributed by atoms with Gasteiger partial charge in [0, 0.05) is 6.04 Å². The fraction of sp³-hybridized carbons (Fsp3) is 0.500. The summed E-state index contributed by atoms with van der Waals surface area (Å²) in [6.45, 7) is 0. The maximum Gasteiger partial charge on any atom is 0.292 e. The molecule has 1 amide bonds. The van der Waals surface area contributed by atoms with Crippen LogP contribution in [0.5, 0.6) is 0 Å². The fourth-order valence-corrected chi connectivity index (χ4v) is 3.17. The number of hydrogen-bond acceptors (Lipinski definition) is 5. The van der Waals surface area contributed by atoms with Gasteiger partial charge in [0.2, 0.25) is 4.96 Å². The summed E-state index contributed by atoms with van der Waals surface area (Å²) in [6.07, 6.45) is 8.46. The zero-order valence-electron chi connectivity index (χ0n) is 10.3. The highest BCUT2D eigenvalue weighted by Gasteiger charge is 2.18. The summed E-state index contributed by atoms with van der Waals surface area (Å²) in [6, 6.07) is 0.271. The van der Waals surface area contributed by atoms with E-state index in [1.54, 1.807) is 6.20 Å². The fourth-order valence-electron chi connectivity index (χ4n) is 2.34. The molecule has 0 aliphatic heterocycles. The minimum atomic E-state index is -0.388. The first-order valence-electron chi connectivity index (χ1n) is 6.39. The Bertz CT molecular complexity index is 657. The maximum absolute atomic E-state index is 12.1. The monoisotopic (exact) mass is 278 g/mol. The average Bonchev–Trinajstić information content (AvgIpc) is 2.83. The highest BCUT2D eigenvalue weighted by Crippen LogP contribution is 2.19. The minimum absolute atomic E-state index is 0.100. The summed E-state index contributed by atoms with van der Waals surface area (Å²) in [5.74, 6) is -0.100. The second-order valence-electron chi connectivity index (χ2n) is 4.73. The number of nitrogens with one attached hydrogen (secondary N) is 1. The number of fused-ring (bicyclic) bond motifs is 1. The van der Waals surface area contributed by atoms with Crippen molar-refractivity contribution in [3.63, 3.8) is 0 Å². The lowest BCUT2D eigenvalue weighted by Crippen LogP contribution is -2.35. The summed E-state index contributed by atoms with van der Waals surface area (Å²) < 4.78 is 1.46. The van der Waals surface area contributed by atoms with E-state index in [9.17, 15) is 9.59 Å². The van der Waals surface area contributed by atoms with E-state index in [-0.39, 0.29) is 17.5 Å². The Hall–Kier alpha value is -1.76. The Morgan fingerprint density at radius 2 is 2.16 bits per heavy atom. The molecule has 100 valence electrons. The van der Waals surface area contributed by atoms with Gasteiger partial charge < -0.3 is 5.32 Å². The summed E-state index contributed by atoms with van der Waals surface area (Å²) in [5.41, 5.74) is -0.388. The van der Waals surface area contributed by atoms with Crippen molar-refractivity contribution < 1.29 is 4.79 Å². The molecule has 1 N–H and O–H groups in total. The molecule has 2 aromatic rings. The summed E-state index contributed by atoms with van der Waals surface area (Å²) >= 11 is 1.19. The van der Waals surface area contributed by atoms with Crippen LogP contribution in [-0.4, -0.2) is 26.5 Å². The smallest absolute Gasteiger partial charge is 0.292 e. The van der Waals surface area contributed by atoms with Crippen molar-refractivity contribution in [2.75, 3.05) is 0 Å². The van der Waals surface area contributed by atoms with Crippen LogP contribution in [0.4, 0.5) is 0 Å². The van der Waals surface area contributed by atoms with Crippen LogP contribution in [0.1, 0.15) is 41.8 Å². The highest BCUT2D eigenvalue weighted by molar-refractivity contribution is 7.18. The Morgan fingerprint density at radius 3 is 2.95 bits per heavy atom. The van der Waals surface area contributed by atoms with Gasteiger partial charge in [-0.3, -0.25) is 9.59 Å². The summed E-state index contributed by atoms with van der Waals surface area (Å²) in [5, 5.41) is 6.94. The van der Waals surface area contributed by atoms with Crippen LogP contribution in [0.3, 0.4) is 0 Å². The Labute approximate surface area is 113 Å². The molecule has 1 aliphatic rings. The standard InChI is InChI=1S/C12H14N4O2S/c17-10-6-13-16-7-9(19-12(16)15-10)11(18)14-8-4-2-1-3-5-8/h6-8H,1-5H2,(H,14,18). The van der Waals surface area contributed by atoms with Crippen LogP contribution in [0, 0.1) is 0 Å². The minimum Gasteiger partial charge on any atom is -0.349 e. The largest absolute Gasteiger partial charge is 0.349 e. The normalized spacial score (nSPS) is 16.6. The quantitative estimate of drug-likeness (QED) is 0.896. The number of rotatable bonds is 2. The molecule has 2 heterocycles. The van der Waals surface area contributed by atoms with E-state index in [1.165, 1.54) is 35.1 Å². The molecule has 1 aliphatic carbocycles. The van der Waals surface area contributed by atoms with E-state index in [0.717, 1.165) is 19.0 Å². The van der Waals surface area contributed by atoms with Gasteiger partial charge in [-0.05, 0) is 12.8 Å². The molecular weight excluding hydrogens is 264 g/mol. The summed E-state index contributed by atoms with van der Waals surface area (Å²) in [7, 11) is 0. The van der Waals surface area contributed by atoms with E-state index >= 15 is 0 Å². The van der Waals surface area contributed by atoms with Crippen LogP contribution in [0.25, 0.3) is 4.96 Å². The van der Waals surface area contributed by atoms with Crippen molar-refractivity contribution >= 4 is 22.2 Å². The third-order valence-corrected chi connectivity index (χ3v) is 4.27. The van der Waals surface area contributed by atoms with Crippen molar-refractivity contribution in [2.24, 2.45) is 0 Å². The van der Waals surface area contributed by atoms with E-state index in [2.05, 4.69) is 15.4 Å². The molecule has 19 heavy (non-hydrogen) atoms. The Kier molecular flexibility index (Phi) is 3.29. The molecule has 0 aromatic carbocycles. The van der Waals surface area contributed by atoms with Gasteiger partial charge >= 0.3 is 0 Å². The molecule has 1 fully saturated rings. The molecular formula is C12H14N4O2S. The zero-order valence-corrected chi connectivity index (χ0v) is 11.2. The molecule has 0 unspecified atom stereocenters. The molecule has 7 heteroatoms.